The number of para-hydroxylation sites is 1. The SMILES string of the molecule is CCc1cn(-c2ccc(C#N)c(NC3CCC(O)CC3)c2)c2nccc(-c3cnc4ccccc4c3)c12. The van der Waals surface area contributed by atoms with Crippen LogP contribution in [-0.4, -0.2) is 31.8 Å². The Labute approximate surface area is 216 Å². The topological polar surface area (TPSA) is 86.8 Å². The molecule has 1 aliphatic carbocycles. The molecule has 3 heterocycles. The fourth-order valence-electron chi connectivity index (χ4n) is 5.49. The Hall–Kier alpha value is -4.21. The molecule has 3 aromatic heterocycles. The zero-order chi connectivity index (χ0) is 25.4. The van der Waals surface area contributed by atoms with Crippen LogP contribution in [-0.2, 0) is 6.42 Å². The number of aromatic nitrogens is 3. The Kier molecular flexibility index (Phi) is 6.07. The van der Waals surface area contributed by atoms with Crippen LogP contribution >= 0.6 is 0 Å². The molecule has 1 aliphatic rings. The van der Waals surface area contributed by atoms with E-state index in [1.807, 2.05) is 42.7 Å². The van der Waals surface area contributed by atoms with Crippen molar-refractivity contribution in [1.82, 2.24) is 14.5 Å². The summed E-state index contributed by atoms with van der Waals surface area (Å²) in [5, 5.41) is 25.4. The van der Waals surface area contributed by atoms with Crippen molar-refractivity contribution >= 4 is 27.6 Å². The van der Waals surface area contributed by atoms with Gasteiger partial charge in [0.2, 0.25) is 0 Å². The van der Waals surface area contributed by atoms with Crippen LogP contribution < -0.4 is 5.32 Å². The summed E-state index contributed by atoms with van der Waals surface area (Å²) >= 11 is 0. The number of aryl methyl sites for hydroxylation is 1. The maximum absolute atomic E-state index is 9.88. The lowest BCUT2D eigenvalue weighted by Crippen LogP contribution is -2.28. The first-order chi connectivity index (χ1) is 18.1. The molecular formula is C31H29N5O. The highest BCUT2D eigenvalue weighted by molar-refractivity contribution is 5.98. The van der Waals surface area contributed by atoms with E-state index in [9.17, 15) is 10.4 Å². The monoisotopic (exact) mass is 487 g/mol. The molecule has 6 rings (SSSR count). The van der Waals surface area contributed by atoms with Crippen LogP contribution in [0, 0.1) is 11.3 Å². The molecule has 37 heavy (non-hydrogen) atoms. The maximum atomic E-state index is 9.88. The molecule has 0 aliphatic heterocycles. The van der Waals surface area contributed by atoms with Gasteiger partial charge in [-0.2, -0.15) is 5.26 Å². The molecule has 0 amide bonds. The predicted octanol–water partition coefficient (Wildman–Crippen LogP) is 6.39. The molecule has 0 atom stereocenters. The van der Waals surface area contributed by atoms with Crippen molar-refractivity contribution in [2.45, 2.75) is 51.2 Å². The van der Waals surface area contributed by atoms with Crippen LogP contribution in [0.1, 0.15) is 43.7 Å². The number of aliphatic hydroxyl groups excluding tert-OH is 1. The van der Waals surface area contributed by atoms with Gasteiger partial charge in [0.1, 0.15) is 11.7 Å². The number of pyridine rings is 2. The lowest BCUT2D eigenvalue weighted by atomic mass is 9.93. The maximum Gasteiger partial charge on any atom is 0.145 e. The Morgan fingerprint density at radius 1 is 1.05 bits per heavy atom. The van der Waals surface area contributed by atoms with Crippen molar-refractivity contribution < 1.29 is 5.11 Å². The summed E-state index contributed by atoms with van der Waals surface area (Å²) in [6.07, 6.45) is 10.00. The third-order valence-corrected chi connectivity index (χ3v) is 7.51. The van der Waals surface area contributed by atoms with Gasteiger partial charge in [-0.1, -0.05) is 25.1 Å². The van der Waals surface area contributed by atoms with Gasteiger partial charge in [-0.25, -0.2) is 4.98 Å². The van der Waals surface area contributed by atoms with Crippen LogP contribution in [0.4, 0.5) is 5.69 Å². The zero-order valence-corrected chi connectivity index (χ0v) is 20.9. The zero-order valence-electron chi connectivity index (χ0n) is 20.9. The molecule has 6 nitrogen and oxygen atoms in total. The van der Waals surface area contributed by atoms with E-state index in [1.165, 1.54) is 5.56 Å². The smallest absolute Gasteiger partial charge is 0.145 e. The molecule has 0 spiro atoms. The van der Waals surface area contributed by atoms with Crippen molar-refractivity contribution in [1.29, 1.82) is 5.26 Å². The molecule has 5 aromatic rings. The minimum absolute atomic E-state index is 0.211. The predicted molar refractivity (Wildman–Crippen MR) is 148 cm³/mol. The number of anilines is 1. The fourth-order valence-corrected chi connectivity index (χ4v) is 5.49. The third-order valence-electron chi connectivity index (χ3n) is 7.51. The number of rotatable bonds is 5. The van der Waals surface area contributed by atoms with Gasteiger partial charge in [-0.15, -0.1) is 0 Å². The molecule has 0 radical (unpaired) electrons. The summed E-state index contributed by atoms with van der Waals surface area (Å²) in [4.78, 5) is 9.49. The third kappa shape index (κ3) is 4.32. The molecule has 1 saturated carbocycles. The van der Waals surface area contributed by atoms with Gasteiger partial charge >= 0.3 is 0 Å². The van der Waals surface area contributed by atoms with Gasteiger partial charge in [0.25, 0.3) is 0 Å². The summed E-state index contributed by atoms with van der Waals surface area (Å²) in [6, 6.07) is 20.9. The van der Waals surface area contributed by atoms with E-state index in [0.717, 1.165) is 76.5 Å². The lowest BCUT2D eigenvalue weighted by Gasteiger charge is -2.27. The van der Waals surface area contributed by atoms with E-state index >= 15 is 0 Å². The Morgan fingerprint density at radius 2 is 1.89 bits per heavy atom. The minimum Gasteiger partial charge on any atom is -0.393 e. The van der Waals surface area contributed by atoms with Gasteiger partial charge < -0.3 is 15.0 Å². The Morgan fingerprint density at radius 3 is 2.70 bits per heavy atom. The Balaban J connectivity index is 1.44. The summed E-state index contributed by atoms with van der Waals surface area (Å²) < 4.78 is 2.13. The van der Waals surface area contributed by atoms with Crippen molar-refractivity contribution in [3.05, 3.63) is 84.3 Å². The highest BCUT2D eigenvalue weighted by Gasteiger charge is 2.21. The number of hydrogen-bond donors (Lipinski definition) is 2. The molecule has 1 fully saturated rings. The van der Waals surface area contributed by atoms with Gasteiger partial charge in [-0.05, 0) is 79.6 Å². The largest absolute Gasteiger partial charge is 0.393 e. The summed E-state index contributed by atoms with van der Waals surface area (Å²) in [5.74, 6) is 0. The molecule has 2 N–H and O–H groups in total. The number of hydrogen-bond acceptors (Lipinski definition) is 5. The van der Waals surface area contributed by atoms with Crippen molar-refractivity contribution in [3.8, 4) is 22.9 Å². The van der Waals surface area contributed by atoms with E-state index < -0.39 is 0 Å². The number of fused-ring (bicyclic) bond motifs is 2. The van der Waals surface area contributed by atoms with Crippen molar-refractivity contribution in [3.63, 3.8) is 0 Å². The van der Waals surface area contributed by atoms with Crippen LogP contribution in [0.2, 0.25) is 0 Å². The molecular weight excluding hydrogens is 458 g/mol. The molecule has 6 heteroatoms. The van der Waals surface area contributed by atoms with Crippen LogP contribution in [0.5, 0.6) is 0 Å². The minimum atomic E-state index is -0.211. The second-order valence-corrected chi connectivity index (χ2v) is 9.84. The van der Waals surface area contributed by atoms with E-state index in [0.29, 0.717) is 5.56 Å². The Bertz CT molecular complexity index is 1640. The highest BCUT2D eigenvalue weighted by atomic mass is 16.3. The highest BCUT2D eigenvalue weighted by Crippen LogP contribution is 2.35. The molecule has 184 valence electrons. The lowest BCUT2D eigenvalue weighted by molar-refractivity contribution is 0.126. The quantitative estimate of drug-likeness (QED) is 0.300. The number of nitrogens with zero attached hydrogens (tertiary/aromatic N) is 4. The second kappa shape index (κ2) is 9.68. The van der Waals surface area contributed by atoms with E-state index in [2.05, 4.69) is 53.3 Å². The first-order valence-corrected chi connectivity index (χ1v) is 13.0. The number of nitrogens with one attached hydrogen (secondary N) is 1. The standard InChI is InChI=1S/C31H29N5O/c1-2-20-19-36(25-10-7-22(17-32)29(16-25)35-24-8-11-26(37)12-9-24)31-30(20)27(13-14-33-31)23-15-21-5-3-4-6-28(21)34-18-23/h3-7,10,13-16,18-19,24,26,35,37H,2,8-9,11-12H2,1H3. The first-order valence-electron chi connectivity index (χ1n) is 13.0. The van der Waals surface area contributed by atoms with Crippen LogP contribution in [0.25, 0.3) is 38.8 Å². The molecule has 2 aromatic carbocycles. The normalized spacial score (nSPS) is 17.6. The average molecular weight is 488 g/mol. The van der Waals surface area contributed by atoms with E-state index in [1.54, 1.807) is 0 Å². The summed E-state index contributed by atoms with van der Waals surface area (Å²) in [7, 11) is 0. The van der Waals surface area contributed by atoms with Gasteiger partial charge in [0.05, 0.1) is 22.9 Å². The van der Waals surface area contributed by atoms with Crippen LogP contribution in [0.3, 0.4) is 0 Å². The molecule has 0 saturated heterocycles. The van der Waals surface area contributed by atoms with E-state index in [4.69, 9.17) is 9.97 Å². The van der Waals surface area contributed by atoms with Crippen molar-refractivity contribution in [2.24, 2.45) is 0 Å². The van der Waals surface area contributed by atoms with E-state index in [-0.39, 0.29) is 12.1 Å². The summed E-state index contributed by atoms with van der Waals surface area (Å²) in [5.41, 5.74) is 7.68. The summed E-state index contributed by atoms with van der Waals surface area (Å²) in [6.45, 7) is 2.16. The number of benzene rings is 2. The molecule has 0 bridgehead atoms. The number of aliphatic hydroxyl groups is 1. The fraction of sp³-hybridized carbons (Fsp3) is 0.258. The first kappa shape index (κ1) is 23.2. The molecule has 0 unspecified atom stereocenters. The van der Waals surface area contributed by atoms with Crippen molar-refractivity contribution in [2.75, 3.05) is 5.32 Å². The second-order valence-electron chi connectivity index (χ2n) is 9.84. The van der Waals surface area contributed by atoms with Gasteiger partial charge in [0, 0.05) is 46.7 Å². The number of nitriles is 1. The van der Waals surface area contributed by atoms with Gasteiger partial charge in [-0.3, -0.25) is 4.98 Å². The average Bonchev–Trinajstić information content (AvgIpc) is 3.33. The van der Waals surface area contributed by atoms with Crippen LogP contribution in [0.15, 0.2) is 73.2 Å². The van der Waals surface area contributed by atoms with Gasteiger partial charge in [0.15, 0.2) is 0 Å².